The summed E-state index contributed by atoms with van der Waals surface area (Å²) in [6, 6.07) is 6.63. The normalized spacial score (nSPS) is 13.3. The van der Waals surface area contributed by atoms with E-state index in [1.165, 1.54) is 0 Å². The van der Waals surface area contributed by atoms with Gasteiger partial charge in [-0.15, -0.1) is 0 Å². The Bertz CT molecular complexity index is 360. The van der Waals surface area contributed by atoms with Crippen molar-refractivity contribution in [2.75, 3.05) is 0 Å². The molecule has 0 radical (unpaired) electrons. The van der Waals surface area contributed by atoms with E-state index < -0.39 is 11.8 Å². The monoisotopic (exact) mass is 186 g/mol. The largest absolute Gasteiger partial charge is 1.00 e. The fraction of sp³-hybridized carbons (Fsp3) is 0. The fourth-order valence-electron chi connectivity index (χ4n) is 1.07. The summed E-state index contributed by atoms with van der Waals surface area (Å²) in [5.41, 5.74) is 0.829. The molecule has 3 nitrogen and oxygen atoms in total. The number of carbonyl (C=O) groups excluding carboxylic acids is 1. The molecule has 0 fully saturated rings. The molecule has 1 aromatic carbocycles. The number of nitrogens with zero attached hydrogens (tertiary/aromatic N) is 1. The van der Waals surface area contributed by atoms with Crippen molar-refractivity contribution in [3.05, 3.63) is 35.4 Å². The average Bonchev–Trinajstić information content (AvgIpc) is 2.30. The zero-order valence-corrected chi connectivity index (χ0v) is 9.70. The first-order valence-corrected chi connectivity index (χ1v) is 3.18. The maximum atomic E-state index is 10.9. The van der Waals surface area contributed by atoms with Crippen molar-refractivity contribution >= 4 is 11.8 Å². The predicted molar refractivity (Wildman–Crippen MR) is 37.3 cm³/mol. The Balaban J connectivity index is 0.000000720. The molecule has 1 heterocycles. The quantitative estimate of drug-likeness (QED) is 0.319. The number of carbonyl (C=O) groups is 1. The number of aliphatic imine (C=N–C) groups is 1. The summed E-state index contributed by atoms with van der Waals surface area (Å²) in [4.78, 5) is 14.2. The minimum absolute atomic E-state index is 0. The summed E-state index contributed by atoms with van der Waals surface area (Å²) in [6.07, 6.45) is 0. The van der Waals surface area contributed by atoms with Crippen molar-refractivity contribution in [1.82, 2.24) is 0 Å². The molecule has 1 aromatic rings. The Morgan fingerprint density at radius 3 is 2.33 bits per heavy atom. The van der Waals surface area contributed by atoms with E-state index in [1.807, 2.05) is 0 Å². The van der Waals surface area contributed by atoms with Crippen LogP contribution in [0.2, 0.25) is 0 Å². The van der Waals surface area contributed by atoms with Gasteiger partial charge in [0.2, 0.25) is 0 Å². The predicted octanol–water partition coefficient (Wildman–Crippen LogP) is -3.05. The molecule has 12 heavy (non-hydrogen) atoms. The summed E-state index contributed by atoms with van der Waals surface area (Å²) in [5, 5.41) is 10.9. The first-order chi connectivity index (χ1) is 5.29. The Kier molecular flexibility index (Phi) is 3.20. The number of rotatable bonds is 0. The second-order valence-corrected chi connectivity index (χ2v) is 2.27. The molecule has 0 aliphatic carbocycles. The van der Waals surface area contributed by atoms with Crippen molar-refractivity contribution < 1.29 is 61.3 Å². The van der Waals surface area contributed by atoms with Gasteiger partial charge in [0.1, 0.15) is 0 Å². The van der Waals surface area contributed by atoms with Gasteiger partial charge >= 0.3 is 51.4 Å². The molecule has 54 valence electrons. The smallest absolute Gasteiger partial charge is 0.858 e. The van der Waals surface area contributed by atoms with Crippen LogP contribution in [0.5, 0.6) is 0 Å². The van der Waals surface area contributed by atoms with Crippen molar-refractivity contribution in [2.24, 2.45) is 4.99 Å². The molecule has 1 aliphatic heterocycles. The first kappa shape index (κ1) is 10.1. The van der Waals surface area contributed by atoms with Gasteiger partial charge in [-0.3, -0.25) is 4.79 Å². The summed E-state index contributed by atoms with van der Waals surface area (Å²) in [7, 11) is 0. The number of fused-ring (bicyclic) bond motifs is 1. The Labute approximate surface area is 112 Å². The van der Waals surface area contributed by atoms with Crippen molar-refractivity contribution in [2.45, 2.75) is 0 Å². The third-order valence-corrected chi connectivity index (χ3v) is 1.59. The van der Waals surface area contributed by atoms with Gasteiger partial charge in [-0.25, -0.2) is 4.99 Å². The van der Waals surface area contributed by atoms with Gasteiger partial charge in [0.05, 0.1) is 0 Å². The number of amides is 1. The molecule has 0 saturated heterocycles. The van der Waals surface area contributed by atoms with E-state index >= 15 is 0 Å². The van der Waals surface area contributed by atoms with Crippen molar-refractivity contribution in [1.29, 1.82) is 0 Å². The average molecular weight is 186 g/mol. The van der Waals surface area contributed by atoms with Gasteiger partial charge in [0.25, 0.3) is 5.91 Å². The van der Waals surface area contributed by atoms with Crippen LogP contribution in [0, 0.1) is 0 Å². The van der Waals surface area contributed by atoms with Crippen LogP contribution in [-0.2, 0) is 0 Å². The van der Waals surface area contributed by atoms with Crippen molar-refractivity contribution in [3.8, 4) is 0 Å². The van der Waals surface area contributed by atoms with Crippen LogP contribution < -0.4 is 56.5 Å². The van der Waals surface area contributed by atoms with Crippen LogP contribution in [0.25, 0.3) is 0 Å². The van der Waals surface area contributed by atoms with Gasteiger partial charge in [-0.1, -0.05) is 18.2 Å². The van der Waals surface area contributed by atoms with Crippen LogP contribution in [0.15, 0.2) is 29.3 Å². The van der Waals surface area contributed by atoms with E-state index in [2.05, 4.69) is 4.99 Å². The Hall–Kier alpha value is -0.00364. The first-order valence-electron chi connectivity index (χ1n) is 3.18. The molecule has 1 aliphatic rings. The van der Waals surface area contributed by atoms with E-state index in [1.54, 1.807) is 24.3 Å². The second kappa shape index (κ2) is 3.80. The molecule has 0 aromatic heterocycles. The SMILES string of the molecule is O=C1[15N]=C([O-])c2ccccc21.[K+]. The third kappa shape index (κ3) is 1.53. The van der Waals surface area contributed by atoms with Gasteiger partial charge in [0, 0.05) is 5.56 Å². The third-order valence-electron chi connectivity index (χ3n) is 1.59. The molecule has 0 spiro atoms. The molecule has 0 unspecified atom stereocenters. The molecule has 1 amide bonds. The minimum Gasteiger partial charge on any atom is -0.858 e. The molecule has 0 bridgehead atoms. The number of benzene rings is 1. The van der Waals surface area contributed by atoms with Crippen LogP contribution in [0.1, 0.15) is 15.9 Å². The second-order valence-electron chi connectivity index (χ2n) is 2.27. The number of hydrogen-bond donors (Lipinski definition) is 0. The van der Waals surface area contributed by atoms with E-state index in [0.29, 0.717) is 11.1 Å². The summed E-state index contributed by atoms with van der Waals surface area (Å²) >= 11 is 0. The van der Waals surface area contributed by atoms with Crippen LogP contribution in [-0.4, -0.2) is 11.8 Å². The topological polar surface area (TPSA) is 52.5 Å². The van der Waals surface area contributed by atoms with Crippen LogP contribution >= 0.6 is 0 Å². The number of hydrogen-bond acceptors (Lipinski definition) is 2. The van der Waals surface area contributed by atoms with E-state index in [0.717, 1.165) is 0 Å². The summed E-state index contributed by atoms with van der Waals surface area (Å²) in [5.74, 6) is -0.851. The Morgan fingerprint density at radius 1 is 1.17 bits per heavy atom. The molecular weight excluding hydrogens is 182 g/mol. The van der Waals surface area contributed by atoms with Gasteiger partial charge in [-0.2, -0.15) is 0 Å². The van der Waals surface area contributed by atoms with Gasteiger partial charge in [0.15, 0.2) is 0 Å². The summed E-state index contributed by atoms with van der Waals surface area (Å²) < 4.78 is 0. The van der Waals surface area contributed by atoms with Gasteiger partial charge < -0.3 is 5.11 Å². The molecule has 0 N–H and O–H groups in total. The summed E-state index contributed by atoms with van der Waals surface area (Å²) in [6.45, 7) is 0. The molecule has 0 saturated carbocycles. The zero-order chi connectivity index (χ0) is 7.84. The fourth-order valence-corrected chi connectivity index (χ4v) is 1.07. The van der Waals surface area contributed by atoms with Gasteiger partial charge in [-0.05, 0) is 17.5 Å². The molecule has 2 rings (SSSR count). The molecule has 4 heteroatoms. The van der Waals surface area contributed by atoms with Crippen LogP contribution in [0.3, 0.4) is 0 Å². The Morgan fingerprint density at radius 2 is 1.75 bits per heavy atom. The van der Waals surface area contributed by atoms with Crippen molar-refractivity contribution in [3.63, 3.8) is 0 Å². The van der Waals surface area contributed by atoms with E-state index in [-0.39, 0.29) is 51.4 Å². The zero-order valence-electron chi connectivity index (χ0n) is 6.57. The van der Waals surface area contributed by atoms with E-state index in [4.69, 9.17) is 0 Å². The maximum absolute atomic E-state index is 10.9. The van der Waals surface area contributed by atoms with Crippen LogP contribution in [0.4, 0.5) is 0 Å². The molecule has 0 atom stereocenters. The maximum Gasteiger partial charge on any atom is 1.00 e. The molecular formula is C8H4KNO2. The standard InChI is InChI=1S/C8H5NO2.K/c10-7-5-3-1-2-4-6(5)8(11)9-7;/h1-4H,(H,9,10,11);/q;+1/p-1/i9+1;. The van der Waals surface area contributed by atoms with E-state index in [9.17, 15) is 9.90 Å². The minimum atomic E-state index is -0.425.